The number of benzene rings is 2. The maximum atomic E-state index is 13.5. The number of amidine groups is 1. The summed E-state index contributed by atoms with van der Waals surface area (Å²) in [5.41, 5.74) is 16.8. The highest BCUT2D eigenvalue weighted by molar-refractivity contribution is 6.31. The molecular weight excluding hydrogens is 455 g/mol. The normalized spacial score (nSPS) is 19.1. The number of anilines is 1. The minimum atomic E-state index is -0.570. The molecule has 0 spiro atoms. The smallest absolute Gasteiger partial charge is 0.261 e. The van der Waals surface area contributed by atoms with E-state index in [1.807, 2.05) is 6.20 Å². The number of carbonyl (C=O) groups excluding carboxylic acids is 1. The standard InChI is InChI=1S/C25H26ClFN6O/c1-30-24(29)22(25(34)33-19-8-9-21(27)20(26)11-19)23(28)17-7-6-16(10-17)14-2-4-15(5-3-14)18-12-31-32-13-18/h2-5,8-9,11-13,16-17H,6-7,10,28H2,1H3,(H2,29,30)(H,31,32)(H,33,34)/b23-22+. The molecule has 1 heterocycles. The molecule has 2 aromatic carbocycles. The van der Waals surface area contributed by atoms with Crippen LogP contribution in [0.2, 0.25) is 5.02 Å². The number of aromatic nitrogens is 2. The molecule has 6 N–H and O–H groups in total. The Labute approximate surface area is 202 Å². The van der Waals surface area contributed by atoms with Gasteiger partial charge in [-0.2, -0.15) is 5.10 Å². The second-order valence-electron chi connectivity index (χ2n) is 8.34. The molecule has 0 bridgehead atoms. The van der Waals surface area contributed by atoms with Crippen molar-refractivity contribution < 1.29 is 9.18 Å². The fourth-order valence-corrected chi connectivity index (χ4v) is 4.58. The fraction of sp³-hybridized carbons (Fsp3) is 0.240. The van der Waals surface area contributed by atoms with Gasteiger partial charge in [-0.1, -0.05) is 35.9 Å². The van der Waals surface area contributed by atoms with Gasteiger partial charge < -0.3 is 16.8 Å². The minimum absolute atomic E-state index is 0.0172. The second kappa shape index (κ2) is 10.1. The van der Waals surface area contributed by atoms with Crippen LogP contribution in [0.25, 0.3) is 11.1 Å². The van der Waals surface area contributed by atoms with Crippen LogP contribution in [0.15, 0.2) is 71.1 Å². The first-order chi connectivity index (χ1) is 16.4. The van der Waals surface area contributed by atoms with Crippen LogP contribution in [0.4, 0.5) is 10.1 Å². The minimum Gasteiger partial charge on any atom is -0.401 e. The predicted molar refractivity (Wildman–Crippen MR) is 133 cm³/mol. The fourth-order valence-electron chi connectivity index (χ4n) is 4.40. The summed E-state index contributed by atoms with van der Waals surface area (Å²) >= 11 is 5.83. The maximum absolute atomic E-state index is 13.5. The van der Waals surface area contributed by atoms with E-state index in [-0.39, 0.29) is 22.3 Å². The maximum Gasteiger partial charge on any atom is 0.261 e. The number of hydrogen-bond donors (Lipinski definition) is 4. The average molecular weight is 481 g/mol. The molecule has 0 aliphatic heterocycles. The quantitative estimate of drug-likeness (QED) is 0.234. The predicted octanol–water partition coefficient (Wildman–Crippen LogP) is 4.59. The third kappa shape index (κ3) is 4.97. The van der Waals surface area contributed by atoms with Crippen LogP contribution in [-0.4, -0.2) is 29.0 Å². The molecule has 9 heteroatoms. The van der Waals surface area contributed by atoms with Gasteiger partial charge in [0.2, 0.25) is 0 Å². The molecule has 1 aromatic heterocycles. The number of aromatic amines is 1. The molecule has 0 saturated heterocycles. The molecule has 1 fully saturated rings. The van der Waals surface area contributed by atoms with Gasteiger partial charge in [-0.15, -0.1) is 0 Å². The van der Waals surface area contributed by atoms with Crippen molar-refractivity contribution in [3.8, 4) is 11.1 Å². The molecular formula is C25H26ClFN6O. The van der Waals surface area contributed by atoms with Crippen LogP contribution in [-0.2, 0) is 4.79 Å². The van der Waals surface area contributed by atoms with E-state index in [0.717, 1.165) is 30.4 Å². The summed E-state index contributed by atoms with van der Waals surface area (Å²) < 4.78 is 13.5. The van der Waals surface area contributed by atoms with E-state index in [4.69, 9.17) is 23.1 Å². The van der Waals surface area contributed by atoms with Crippen molar-refractivity contribution in [3.05, 3.63) is 82.5 Å². The van der Waals surface area contributed by atoms with Gasteiger partial charge in [0.05, 0.1) is 11.2 Å². The molecule has 2 unspecified atom stereocenters. The molecule has 7 nitrogen and oxygen atoms in total. The van der Waals surface area contributed by atoms with Crippen molar-refractivity contribution in [2.75, 3.05) is 12.4 Å². The molecule has 2 atom stereocenters. The van der Waals surface area contributed by atoms with Crippen LogP contribution in [0, 0.1) is 11.7 Å². The summed E-state index contributed by atoms with van der Waals surface area (Å²) in [6.07, 6.45) is 6.22. The third-order valence-corrected chi connectivity index (χ3v) is 6.57. The number of nitrogens with zero attached hydrogens (tertiary/aromatic N) is 2. The number of aliphatic imine (C=N–C) groups is 1. The van der Waals surface area contributed by atoms with Crippen LogP contribution in [0.1, 0.15) is 30.7 Å². The van der Waals surface area contributed by atoms with Crippen LogP contribution in [0.3, 0.4) is 0 Å². The Morgan fingerprint density at radius 1 is 1.18 bits per heavy atom. The highest BCUT2D eigenvalue weighted by Gasteiger charge is 2.31. The summed E-state index contributed by atoms with van der Waals surface area (Å²) in [4.78, 5) is 17.0. The zero-order valence-electron chi connectivity index (χ0n) is 18.7. The van der Waals surface area contributed by atoms with Crippen molar-refractivity contribution in [2.45, 2.75) is 25.2 Å². The van der Waals surface area contributed by atoms with E-state index in [1.165, 1.54) is 30.8 Å². The Balaban J connectivity index is 1.52. The SMILES string of the molecule is CN=C(N)/C(C(=O)Nc1ccc(F)c(Cl)c1)=C(\N)C1CCC(c2ccc(-c3cn[nH]c3)cc2)C1. The van der Waals surface area contributed by atoms with Gasteiger partial charge in [-0.25, -0.2) is 4.39 Å². The van der Waals surface area contributed by atoms with Crippen molar-refractivity contribution in [2.24, 2.45) is 22.4 Å². The van der Waals surface area contributed by atoms with Gasteiger partial charge >= 0.3 is 0 Å². The van der Waals surface area contributed by atoms with E-state index < -0.39 is 11.7 Å². The highest BCUT2D eigenvalue weighted by Crippen LogP contribution is 2.41. The lowest BCUT2D eigenvalue weighted by Crippen LogP contribution is -2.31. The monoisotopic (exact) mass is 480 g/mol. The molecule has 1 aliphatic rings. The first-order valence-electron chi connectivity index (χ1n) is 10.9. The number of allylic oxidation sites excluding steroid dienone is 1. The van der Waals surface area contributed by atoms with E-state index in [1.54, 1.807) is 6.20 Å². The Hall–Kier alpha value is -3.65. The molecule has 1 amide bonds. The number of rotatable bonds is 6. The van der Waals surface area contributed by atoms with Crippen molar-refractivity contribution in [3.63, 3.8) is 0 Å². The summed E-state index contributed by atoms with van der Waals surface area (Å²) in [5.74, 6) is -0.718. The lowest BCUT2D eigenvalue weighted by atomic mass is 9.92. The van der Waals surface area contributed by atoms with Gasteiger partial charge in [-0.05, 0) is 60.4 Å². The Kier molecular flexibility index (Phi) is 6.98. The van der Waals surface area contributed by atoms with Crippen LogP contribution in [0.5, 0.6) is 0 Å². The van der Waals surface area contributed by atoms with Crippen LogP contribution >= 0.6 is 11.6 Å². The summed E-state index contributed by atoms with van der Waals surface area (Å²) in [6, 6.07) is 12.4. The average Bonchev–Trinajstić information content (AvgIpc) is 3.54. The summed E-state index contributed by atoms with van der Waals surface area (Å²) in [7, 11) is 1.50. The number of nitrogens with two attached hydrogens (primary N) is 2. The number of halogens is 2. The van der Waals surface area contributed by atoms with E-state index in [2.05, 4.69) is 44.8 Å². The van der Waals surface area contributed by atoms with Gasteiger partial charge in [0.1, 0.15) is 17.2 Å². The lowest BCUT2D eigenvalue weighted by Gasteiger charge is -2.17. The topological polar surface area (TPSA) is 122 Å². The lowest BCUT2D eigenvalue weighted by molar-refractivity contribution is -0.112. The number of H-pyrrole nitrogens is 1. The van der Waals surface area contributed by atoms with Crippen molar-refractivity contribution >= 4 is 29.0 Å². The second-order valence-corrected chi connectivity index (χ2v) is 8.75. The first kappa shape index (κ1) is 23.5. The molecule has 0 radical (unpaired) electrons. The van der Waals surface area contributed by atoms with E-state index in [0.29, 0.717) is 17.3 Å². The Bertz CT molecular complexity index is 1240. The van der Waals surface area contributed by atoms with E-state index in [9.17, 15) is 9.18 Å². The van der Waals surface area contributed by atoms with Gasteiger partial charge in [0.25, 0.3) is 5.91 Å². The summed E-state index contributed by atoms with van der Waals surface area (Å²) in [5, 5.41) is 9.42. The number of hydrogen-bond acceptors (Lipinski definition) is 4. The first-order valence-corrected chi connectivity index (χ1v) is 11.3. The molecule has 176 valence electrons. The zero-order valence-corrected chi connectivity index (χ0v) is 19.4. The molecule has 3 aromatic rings. The number of nitrogens with one attached hydrogen (secondary N) is 2. The Morgan fingerprint density at radius 2 is 1.94 bits per heavy atom. The van der Waals surface area contributed by atoms with Gasteiger partial charge in [0, 0.05) is 30.2 Å². The number of amides is 1. The zero-order chi connectivity index (χ0) is 24.2. The summed E-state index contributed by atoms with van der Waals surface area (Å²) in [6.45, 7) is 0. The third-order valence-electron chi connectivity index (χ3n) is 6.28. The van der Waals surface area contributed by atoms with Crippen LogP contribution < -0.4 is 16.8 Å². The molecule has 34 heavy (non-hydrogen) atoms. The van der Waals surface area contributed by atoms with Gasteiger partial charge in [0.15, 0.2) is 0 Å². The van der Waals surface area contributed by atoms with E-state index >= 15 is 0 Å². The number of carbonyl (C=O) groups is 1. The molecule has 1 saturated carbocycles. The Morgan fingerprint density at radius 3 is 2.59 bits per heavy atom. The highest BCUT2D eigenvalue weighted by atomic mass is 35.5. The largest absolute Gasteiger partial charge is 0.401 e. The molecule has 4 rings (SSSR count). The van der Waals surface area contributed by atoms with Crippen molar-refractivity contribution in [1.82, 2.24) is 10.2 Å². The molecule has 1 aliphatic carbocycles. The van der Waals surface area contributed by atoms with Gasteiger partial charge in [-0.3, -0.25) is 14.9 Å². The van der Waals surface area contributed by atoms with Crippen molar-refractivity contribution in [1.29, 1.82) is 0 Å².